The minimum atomic E-state index is -0.904. The van der Waals surface area contributed by atoms with Crippen molar-refractivity contribution in [2.45, 2.75) is 39.0 Å². The van der Waals surface area contributed by atoms with E-state index >= 15 is 0 Å². The van der Waals surface area contributed by atoms with Crippen molar-refractivity contribution >= 4 is 8.07 Å². The van der Waals surface area contributed by atoms with Crippen molar-refractivity contribution in [2.75, 3.05) is 0 Å². The average molecular weight is 487 g/mol. The molecule has 2 heteroatoms. The Labute approximate surface area is 219 Å². The molecule has 0 bridgehead atoms. The number of rotatable bonds is 2. The van der Waals surface area contributed by atoms with E-state index in [1.165, 1.54) is 17.2 Å². The van der Waals surface area contributed by atoms with Crippen molar-refractivity contribution in [3.05, 3.63) is 152 Å². The molecule has 33 heavy (non-hydrogen) atoms. The summed E-state index contributed by atoms with van der Waals surface area (Å²) in [4.78, 5) is 0. The molecule has 0 saturated carbocycles. The third-order valence-corrected chi connectivity index (χ3v) is 5.85. The zero-order valence-corrected chi connectivity index (χ0v) is 23.3. The van der Waals surface area contributed by atoms with Gasteiger partial charge in [0, 0.05) is 8.07 Å². The van der Waals surface area contributed by atoms with Crippen molar-refractivity contribution in [2.24, 2.45) is 0 Å². The molecule has 170 valence electrons. The van der Waals surface area contributed by atoms with Crippen LogP contribution in [0.4, 0.5) is 0 Å². The van der Waals surface area contributed by atoms with Crippen molar-refractivity contribution < 1.29 is 21.7 Å². The second-order valence-corrected chi connectivity index (χ2v) is 14.5. The van der Waals surface area contributed by atoms with Crippen LogP contribution in [-0.4, -0.2) is 8.07 Å². The largest absolute Gasteiger partial charge is 4.00 e. The second-order valence-electron chi connectivity index (χ2n) is 9.01. The smallest absolute Gasteiger partial charge is 0.253 e. The quantitative estimate of drug-likeness (QED) is 0.250. The van der Waals surface area contributed by atoms with Crippen LogP contribution in [0.25, 0.3) is 0 Å². The molecule has 0 aromatic heterocycles. The minimum absolute atomic E-state index is 0. The van der Waals surface area contributed by atoms with Gasteiger partial charge in [-0.15, -0.1) is 43.3 Å². The standard InChI is InChI=1S/C10H17Si.3C7H7.Ti/c1-9-6-5-7-10(9)8-11(2,3)4;3*1-7-5-3-2-4-6-7;/h5H,6,8H2,1-4H3;3*2-6H,1H2;/q4*-1;+4. The molecule has 0 radical (unpaired) electrons. The van der Waals surface area contributed by atoms with Crippen LogP contribution in [0.2, 0.25) is 25.7 Å². The summed E-state index contributed by atoms with van der Waals surface area (Å²) in [6.07, 6.45) is 6.65. The van der Waals surface area contributed by atoms with Gasteiger partial charge in [0.1, 0.15) is 0 Å². The van der Waals surface area contributed by atoms with Crippen LogP contribution in [0.5, 0.6) is 0 Å². The molecule has 0 amide bonds. The number of hydrogen-bond donors (Lipinski definition) is 0. The Hall–Kier alpha value is -2.32. The molecular formula is C31H38SiTi. The first-order chi connectivity index (χ1) is 15.2. The third kappa shape index (κ3) is 16.9. The van der Waals surface area contributed by atoms with E-state index in [-0.39, 0.29) is 21.7 Å². The van der Waals surface area contributed by atoms with Gasteiger partial charge in [-0.05, 0) is 0 Å². The van der Waals surface area contributed by atoms with E-state index in [0.717, 1.165) is 23.1 Å². The fraction of sp³-hybridized carbons (Fsp3) is 0.194. The van der Waals surface area contributed by atoms with Crippen LogP contribution in [0.1, 0.15) is 30.0 Å². The molecule has 0 fully saturated rings. The fourth-order valence-corrected chi connectivity index (χ4v) is 4.20. The molecule has 0 N–H and O–H groups in total. The Balaban J connectivity index is 0.000000418. The maximum atomic E-state index is 3.72. The van der Waals surface area contributed by atoms with Gasteiger partial charge in [-0.1, -0.05) is 50.3 Å². The van der Waals surface area contributed by atoms with Gasteiger partial charge in [-0.3, -0.25) is 6.08 Å². The predicted octanol–water partition coefficient (Wildman–Crippen LogP) is 9.01. The molecule has 0 spiro atoms. The molecule has 3 aromatic carbocycles. The number of benzene rings is 3. The molecule has 0 aliphatic heterocycles. The molecule has 0 unspecified atom stereocenters. The Morgan fingerprint density at radius 2 is 1.00 bits per heavy atom. The zero-order chi connectivity index (χ0) is 23.8. The normalized spacial score (nSPS) is 11.5. The predicted molar refractivity (Wildman–Crippen MR) is 146 cm³/mol. The van der Waals surface area contributed by atoms with E-state index in [0.29, 0.717) is 0 Å². The number of allylic oxidation sites excluding steroid dienone is 4. The van der Waals surface area contributed by atoms with E-state index in [2.05, 4.69) is 59.5 Å². The Kier molecular flexibility index (Phi) is 16.0. The van der Waals surface area contributed by atoms with Crippen LogP contribution in [0.15, 0.2) is 108 Å². The van der Waals surface area contributed by atoms with Gasteiger partial charge in [-0.25, -0.2) is 11.1 Å². The molecule has 4 rings (SSSR count). The summed E-state index contributed by atoms with van der Waals surface area (Å²) in [6, 6.07) is 30.9. The third-order valence-electron chi connectivity index (χ3n) is 4.44. The molecular weight excluding hydrogens is 448 g/mol. The van der Waals surface area contributed by atoms with Gasteiger partial charge in [0.05, 0.1) is 0 Å². The van der Waals surface area contributed by atoms with Gasteiger partial charge in [0.2, 0.25) is 0 Å². The molecule has 1 aliphatic carbocycles. The Morgan fingerprint density at radius 1 is 0.667 bits per heavy atom. The summed E-state index contributed by atoms with van der Waals surface area (Å²) >= 11 is 0. The summed E-state index contributed by atoms with van der Waals surface area (Å²) in [5.41, 5.74) is 6.24. The van der Waals surface area contributed by atoms with E-state index < -0.39 is 8.07 Å². The van der Waals surface area contributed by atoms with E-state index in [1.807, 2.05) is 91.0 Å². The fourth-order valence-electron chi connectivity index (χ4n) is 2.74. The van der Waals surface area contributed by atoms with Gasteiger partial charge in [0.15, 0.2) is 0 Å². The Morgan fingerprint density at radius 3 is 1.18 bits per heavy atom. The van der Waals surface area contributed by atoms with E-state index in [4.69, 9.17) is 0 Å². The summed E-state index contributed by atoms with van der Waals surface area (Å²) < 4.78 is 0. The van der Waals surface area contributed by atoms with Crippen LogP contribution in [0, 0.1) is 26.8 Å². The first-order valence-corrected chi connectivity index (χ1v) is 14.8. The van der Waals surface area contributed by atoms with E-state index in [9.17, 15) is 0 Å². The summed E-state index contributed by atoms with van der Waals surface area (Å²) in [5, 5.41) is 0. The van der Waals surface area contributed by atoms with Crippen LogP contribution in [0.3, 0.4) is 0 Å². The van der Waals surface area contributed by atoms with Crippen LogP contribution >= 0.6 is 0 Å². The maximum absolute atomic E-state index is 3.72. The molecule has 1 aliphatic rings. The SMILES string of the molecule is CC1=C(C[Si](C)(C)C)[C-]=CC1.[CH2-]c1ccccc1.[CH2-]c1ccccc1.[CH2-]c1ccccc1.[Ti+4]. The first kappa shape index (κ1) is 30.7. The average Bonchev–Trinajstić information content (AvgIpc) is 3.14. The topological polar surface area (TPSA) is 0 Å². The Bertz CT molecular complexity index is 832. The van der Waals surface area contributed by atoms with Crippen LogP contribution in [-0.2, 0) is 21.7 Å². The zero-order valence-electron chi connectivity index (χ0n) is 20.8. The molecule has 3 aromatic rings. The number of hydrogen-bond acceptors (Lipinski definition) is 0. The monoisotopic (exact) mass is 486 g/mol. The second kappa shape index (κ2) is 17.2. The summed E-state index contributed by atoms with van der Waals surface area (Å²) in [7, 11) is -0.904. The molecule has 0 nitrogen and oxygen atoms in total. The minimum Gasteiger partial charge on any atom is -0.253 e. The van der Waals surface area contributed by atoms with Crippen molar-refractivity contribution in [3.8, 4) is 0 Å². The maximum Gasteiger partial charge on any atom is 4.00 e. The van der Waals surface area contributed by atoms with Crippen LogP contribution < -0.4 is 0 Å². The van der Waals surface area contributed by atoms with Crippen molar-refractivity contribution in [1.82, 2.24) is 0 Å². The van der Waals surface area contributed by atoms with Gasteiger partial charge >= 0.3 is 21.7 Å². The van der Waals surface area contributed by atoms with Crippen molar-refractivity contribution in [1.29, 1.82) is 0 Å². The van der Waals surface area contributed by atoms with Gasteiger partial charge in [0.25, 0.3) is 0 Å². The van der Waals surface area contributed by atoms with E-state index in [1.54, 1.807) is 0 Å². The molecule has 0 atom stereocenters. The molecule has 0 heterocycles. The molecule has 0 saturated heterocycles. The summed E-state index contributed by atoms with van der Waals surface area (Å²) in [6.45, 7) is 20.6. The van der Waals surface area contributed by atoms with Gasteiger partial charge < -0.3 is 0 Å². The van der Waals surface area contributed by atoms with Gasteiger partial charge in [-0.2, -0.15) is 79.9 Å². The first-order valence-electron chi connectivity index (χ1n) is 11.1. The van der Waals surface area contributed by atoms with Crippen molar-refractivity contribution in [3.63, 3.8) is 0 Å². The summed E-state index contributed by atoms with van der Waals surface area (Å²) in [5.74, 6) is 0.